The van der Waals surface area contributed by atoms with Gasteiger partial charge in [-0.2, -0.15) is 0 Å². The molecule has 0 amide bonds. The van der Waals surface area contributed by atoms with Crippen molar-refractivity contribution < 1.29 is 5.11 Å². The van der Waals surface area contributed by atoms with Gasteiger partial charge >= 0.3 is 0 Å². The van der Waals surface area contributed by atoms with Crippen LogP contribution in [0.3, 0.4) is 0 Å². The summed E-state index contributed by atoms with van der Waals surface area (Å²) in [5.41, 5.74) is 0.784. The molecule has 2 rings (SSSR count). The van der Waals surface area contributed by atoms with Gasteiger partial charge in [0.05, 0.1) is 6.10 Å². The number of aliphatic hydroxyl groups is 1. The largest absolute Gasteiger partial charge is 0.393 e. The van der Waals surface area contributed by atoms with Gasteiger partial charge in [0.25, 0.3) is 0 Å². The van der Waals surface area contributed by atoms with E-state index in [1.807, 2.05) is 0 Å². The minimum atomic E-state index is -0.0379. The Balaban J connectivity index is 2.28. The lowest BCUT2D eigenvalue weighted by Gasteiger charge is -2.55. The zero-order valence-corrected chi connectivity index (χ0v) is 9.84. The van der Waals surface area contributed by atoms with Gasteiger partial charge in [0.15, 0.2) is 0 Å². The van der Waals surface area contributed by atoms with E-state index in [2.05, 4.69) is 20.8 Å². The van der Waals surface area contributed by atoms with Crippen LogP contribution in [0.1, 0.15) is 59.3 Å². The second kappa shape index (κ2) is 3.23. The molecule has 1 N–H and O–H groups in total. The molecule has 2 saturated carbocycles. The van der Waals surface area contributed by atoms with E-state index in [4.69, 9.17) is 0 Å². The van der Waals surface area contributed by atoms with Crippen molar-refractivity contribution in [1.82, 2.24) is 0 Å². The van der Waals surface area contributed by atoms with E-state index < -0.39 is 0 Å². The maximum Gasteiger partial charge on any atom is 0.0578 e. The molecule has 0 bridgehead atoms. The first kappa shape index (κ1) is 10.5. The summed E-state index contributed by atoms with van der Waals surface area (Å²) in [6, 6.07) is 0. The van der Waals surface area contributed by atoms with E-state index in [1.165, 1.54) is 32.1 Å². The van der Waals surface area contributed by atoms with Crippen LogP contribution in [0.25, 0.3) is 0 Å². The van der Waals surface area contributed by atoms with Crippen molar-refractivity contribution in [2.75, 3.05) is 0 Å². The average Bonchev–Trinajstić information content (AvgIpc) is 2.00. The number of hydrogen-bond donors (Lipinski definition) is 1. The third kappa shape index (κ3) is 1.50. The van der Waals surface area contributed by atoms with Crippen LogP contribution < -0.4 is 0 Å². The maximum absolute atomic E-state index is 10.2. The highest BCUT2D eigenvalue weighted by Gasteiger charge is 2.51. The van der Waals surface area contributed by atoms with E-state index in [9.17, 15) is 5.11 Å². The van der Waals surface area contributed by atoms with Gasteiger partial charge in [0.1, 0.15) is 0 Å². The summed E-state index contributed by atoms with van der Waals surface area (Å²) in [6.45, 7) is 7.11. The lowest BCUT2D eigenvalue weighted by atomic mass is 9.51. The van der Waals surface area contributed by atoms with Crippen LogP contribution in [-0.2, 0) is 0 Å². The summed E-state index contributed by atoms with van der Waals surface area (Å²) < 4.78 is 0. The van der Waals surface area contributed by atoms with Crippen LogP contribution in [0, 0.1) is 16.7 Å². The Bertz CT molecular complexity index is 217. The van der Waals surface area contributed by atoms with Crippen molar-refractivity contribution >= 4 is 0 Å². The van der Waals surface area contributed by atoms with E-state index in [0.29, 0.717) is 16.7 Å². The van der Waals surface area contributed by atoms with Crippen molar-refractivity contribution in [3.8, 4) is 0 Å². The van der Waals surface area contributed by atoms with Gasteiger partial charge in [0, 0.05) is 0 Å². The van der Waals surface area contributed by atoms with Crippen molar-refractivity contribution in [3.05, 3.63) is 0 Å². The van der Waals surface area contributed by atoms with Crippen molar-refractivity contribution in [2.45, 2.75) is 65.4 Å². The molecule has 2 fully saturated rings. The normalized spacial score (nSPS) is 47.1. The predicted molar refractivity (Wildman–Crippen MR) is 59.1 cm³/mol. The first-order valence-electron chi connectivity index (χ1n) is 6.14. The molecule has 2 aliphatic carbocycles. The Morgan fingerprint density at radius 3 is 2.29 bits per heavy atom. The summed E-state index contributed by atoms with van der Waals surface area (Å²) in [5, 5.41) is 10.2. The number of hydrogen-bond acceptors (Lipinski definition) is 1. The first-order valence-corrected chi connectivity index (χ1v) is 6.14. The molecule has 1 nitrogen and oxygen atoms in total. The van der Waals surface area contributed by atoms with Crippen LogP contribution in [0.15, 0.2) is 0 Å². The fourth-order valence-corrected chi connectivity index (χ4v) is 4.35. The van der Waals surface area contributed by atoms with Gasteiger partial charge in [-0.25, -0.2) is 0 Å². The molecule has 0 aromatic heterocycles. The van der Waals surface area contributed by atoms with Crippen molar-refractivity contribution in [2.24, 2.45) is 16.7 Å². The van der Waals surface area contributed by atoms with Gasteiger partial charge < -0.3 is 5.11 Å². The zero-order chi connectivity index (χ0) is 10.4. The molecule has 82 valence electrons. The van der Waals surface area contributed by atoms with E-state index in [-0.39, 0.29) is 6.10 Å². The molecule has 0 heterocycles. The Hall–Kier alpha value is -0.0400. The quantitative estimate of drug-likeness (QED) is 0.630. The first-order chi connectivity index (χ1) is 6.46. The lowest BCUT2D eigenvalue weighted by Crippen LogP contribution is -2.50. The molecule has 0 aromatic rings. The molecule has 0 aromatic carbocycles. The molecule has 0 saturated heterocycles. The average molecular weight is 196 g/mol. The number of aliphatic hydroxyl groups excluding tert-OH is 1. The van der Waals surface area contributed by atoms with Gasteiger partial charge in [0.2, 0.25) is 0 Å². The molecular formula is C13H24O. The summed E-state index contributed by atoms with van der Waals surface area (Å²) in [5.74, 6) is 0.539. The van der Waals surface area contributed by atoms with E-state index in [0.717, 1.165) is 6.42 Å². The smallest absolute Gasteiger partial charge is 0.0578 e. The van der Waals surface area contributed by atoms with Crippen LogP contribution in [-0.4, -0.2) is 11.2 Å². The summed E-state index contributed by atoms with van der Waals surface area (Å²) in [4.78, 5) is 0. The fraction of sp³-hybridized carbons (Fsp3) is 1.00. The molecule has 0 radical (unpaired) electrons. The highest BCUT2D eigenvalue weighted by atomic mass is 16.3. The SMILES string of the molecule is CC1(C)CCC[C@]2(C)CCC[C@H](O)[C@@H]12. The standard InChI is InChI=1S/C13H24O/c1-12(2)7-5-9-13(3)8-4-6-10(14)11(12)13/h10-11,14H,4-9H2,1-3H3/t10-,11-,13-/m0/s1. The van der Waals surface area contributed by atoms with Gasteiger partial charge in [-0.15, -0.1) is 0 Å². The van der Waals surface area contributed by atoms with Crippen LogP contribution >= 0.6 is 0 Å². The Labute approximate surface area is 87.9 Å². The van der Waals surface area contributed by atoms with Gasteiger partial charge in [-0.3, -0.25) is 0 Å². The monoisotopic (exact) mass is 196 g/mol. The molecule has 0 aliphatic heterocycles. The van der Waals surface area contributed by atoms with Crippen LogP contribution in [0.2, 0.25) is 0 Å². The van der Waals surface area contributed by atoms with Crippen molar-refractivity contribution in [3.63, 3.8) is 0 Å². The molecule has 0 unspecified atom stereocenters. The van der Waals surface area contributed by atoms with Crippen molar-refractivity contribution in [1.29, 1.82) is 0 Å². The third-order valence-electron chi connectivity index (χ3n) is 4.79. The summed E-state index contributed by atoms with van der Waals surface area (Å²) >= 11 is 0. The second-order valence-corrected chi connectivity index (χ2v) is 6.43. The molecule has 2 aliphatic rings. The van der Waals surface area contributed by atoms with Crippen LogP contribution in [0.5, 0.6) is 0 Å². The van der Waals surface area contributed by atoms with Gasteiger partial charge in [-0.05, 0) is 42.4 Å². The lowest BCUT2D eigenvalue weighted by molar-refractivity contribution is -0.109. The second-order valence-electron chi connectivity index (χ2n) is 6.43. The van der Waals surface area contributed by atoms with E-state index >= 15 is 0 Å². The molecule has 1 heteroatoms. The predicted octanol–water partition coefficient (Wildman–Crippen LogP) is 3.36. The van der Waals surface area contributed by atoms with E-state index in [1.54, 1.807) is 0 Å². The molecule has 0 spiro atoms. The Kier molecular flexibility index (Phi) is 2.42. The highest BCUT2D eigenvalue weighted by molar-refractivity contribution is 5.00. The number of fused-ring (bicyclic) bond motifs is 1. The molecule has 14 heavy (non-hydrogen) atoms. The van der Waals surface area contributed by atoms with Gasteiger partial charge in [-0.1, -0.05) is 33.6 Å². The molecule has 3 atom stereocenters. The maximum atomic E-state index is 10.2. The summed E-state index contributed by atoms with van der Waals surface area (Å²) in [7, 11) is 0. The highest BCUT2D eigenvalue weighted by Crippen LogP contribution is 2.57. The Morgan fingerprint density at radius 2 is 1.64 bits per heavy atom. The summed E-state index contributed by atoms with van der Waals surface area (Å²) in [6.07, 6.45) is 7.53. The minimum Gasteiger partial charge on any atom is -0.393 e. The topological polar surface area (TPSA) is 20.2 Å². The number of rotatable bonds is 0. The fourth-order valence-electron chi connectivity index (χ4n) is 4.35. The minimum absolute atomic E-state index is 0.0379. The molecular weight excluding hydrogens is 172 g/mol. The van der Waals surface area contributed by atoms with Crippen LogP contribution in [0.4, 0.5) is 0 Å². The Morgan fingerprint density at radius 1 is 1.00 bits per heavy atom. The third-order valence-corrected chi connectivity index (χ3v) is 4.79. The zero-order valence-electron chi connectivity index (χ0n) is 9.84.